The van der Waals surface area contributed by atoms with E-state index in [1.165, 1.54) is 0 Å². The minimum absolute atomic E-state index is 0.00511. The van der Waals surface area contributed by atoms with Crippen molar-refractivity contribution < 1.29 is 14.4 Å². The molecule has 5 N–H and O–H groups in total. The minimum atomic E-state index is -0.591. The molecule has 7 heteroatoms. The summed E-state index contributed by atoms with van der Waals surface area (Å²) in [5, 5.41) is 8.61. The Hall–Kier alpha value is -1.63. The van der Waals surface area contributed by atoms with E-state index in [1.807, 2.05) is 41.5 Å². The lowest BCUT2D eigenvalue weighted by Crippen LogP contribution is -2.54. The van der Waals surface area contributed by atoms with Crippen molar-refractivity contribution in [1.82, 2.24) is 16.0 Å². The molecule has 0 fully saturated rings. The predicted octanol–water partition coefficient (Wildman–Crippen LogP) is 1.17. The number of carbonyl (C=O) groups is 3. The molecule has 140 valence electrons. The van der Waals surface area contributed by atoms with E-state index in [0.29, 0.717) is 19.4 Å². The van der Waals surface area contributed by atoms with Crippen LogP contribution in [0.2, 0.25) is 0 Å². The van der Waals surface area contributed by atoms with Crippen LogP contribution in [-0.4, -0.2) is 42.4 Å². The first kappa shape index (κ1) is 22.4. The summed E-state index contributed by atoms with van der Waals surface area (Å²) in [4.78, 5) is 35.7. The van der Waals surface area contributed by atoms with Gasteiger partial charge in [0.25, 0.3) is 0 Å². The number of nitrogens with one attached hydrogen (secondary N) is 3. The third kappa shape index (κ3) is 8.86. The highest BCUT2D eigenvalue weighted by atomic mass is 16.2. The Balaban J connectivity index is 4.85. The summed E-state index contributed by atoms with van der Waals surface area (Å²) in [6.07, 6.45) is 1.03. The van der Waals surface area contributed by atoms with E-state index in [2.05, 4.69) is 16.0 Å². The van der Waals surface area contributed by atoms with Crippen molar-refractivity contribution in [1.29, 1.82) is 0 Å². The topological polar surface area (TPSA) is 113 Å². The number of rotatable bonds is 11. The SMILES string of the molecule is CC(C)N[C@H](C(=O)N[C@H](CCCNC(N)=O)C(=O)C(C)C)C(C)C. The molecule has 0 heterocycles. The van der Waals surface area contributed by atoms with Gasteiger partial charge in [-0.3, -0.25) is 9.59 Å². The van der Waals surface area contributed by atoms with Crippen molar-refractivity contribution in [2.45, 2.75) is 72.5 Å². The fraction of sp³-hybridized carbons (Fsp3) is 0.824. The Kier molecular flexibility index (Phi) is 10.3. The summed E-state index contributed by atoms with van der Waals surface area (Å²) in [7, 11) is 0. The zero-order valence-corrected chi connectivity index (χ0v) is 15.8. The number of amides is 3. The third-order valence-corrected chi connectivity index (χ3v) is 3.66. The molecule has 7 nitrogen and oxygen atoms in total. The minimum Gasteiger partial charge on any atom is -0.352 e. The van der Waals surface area contributed by atoms with Crippen molar-refractivity contribution in [2.24, 2.45) is 17.6 Å². The van der Waals surface area contributed by atoms with Crippen LogP contribution in [0.15, 0.2) is 0 Å². The molecule has 0 aromatic rings. The Morgan fingerprint density at radius 2 is 1.58 bits per heavy atom. The van der Waals surface area contributed by atoms with Gasteiger partial charge in [-0.1, -0.05) is 41.5 Å². The van der Waals surface area contributed by atoms with Crippen LogP contribution in [0.5, 0.6) is 0 Å². The molecule has 2 atom stereocenters. The molecule has 24 heavy (non-hydrogen) atoms. The van der Waals surface area contributed by atoms with Gasteiger partial charge in [0.1, 0.15) is 0 Å². The van der Waals surface area contributed by atoms with Crippen LogP contribution in [0.25, 0.3) is 0 Å². The zero-order chi connectivity index (χ0) is 18.9. The highest BCUT2D eigenvalue weighted by Gasteiger charge is 2.28. The first-order valence-electron chi connectivity index (χ1n) is 8.69. The van der Waals surface area contributed by atoms with Gasteiger partial charge in [-0.25, -0.2) is 4.79 Å². The largest absolute Gasteiger partial charge is 0.352 e. The summed E-state index contributed by atoms with van der Waals surface area (Å²) in [5.41, 5.74) is 5.02. The lowest BCUT2D eigenvalue weighted by molar-refractivity contribution is -0.131. The number of Topliss-reactive ketones (excluding diaryl/α,β-unsaturated/α-hetero) is 1. The van der Waals surface area contributed by atoms with Gasteiger partial charge in [-0.2, -0.15) is 0 Å². The van der Waals surface area contributed by atoms with Crippen molar-refractivity contribution in [3.05, 3.63) is 0 Å². The zero-order valence-electron chi connectivity index (χ0n) is 15.8. The fourth-order valence-corrected chi connectivity index (χ4v) is 2.40. The van der Waals surface area contributed by atoms with E-state index in [4.69, 9.17) is 5.73 Å². The monoisotopic (exact) mass is 342 g/mol. The maximum absolute atomic E-state index is 12.6. The van der Waals surface area contributed by atoms with Crippen molar-refractivity contribution in [3.8, 4) is 0 Å². The van der Waals surface area contributed by atoms with Crippen molar-refractivity contribution in [2.75, 3.05) is 6.54 Å². The van der Waals surface area contributed by atoms with Crippen molar-refractivity contribution >= 4 is 17.7 Å². The molecule has 0 unspecified atom stereocenters. The Labute approximate surface area is 145 Å². The molecule has 0 aromatic carbocycles. The average Bonchev–Trinajstić information content (AvgIpc) is 2.45. The highest BCUT2D eigenvalue weighted by molar-refractivity contribution is 5.91. The van der Waals surface area contributed by atoms with Gasteiger partial charge >= 0.3 is 6.03 Å². The molecular weight excluding hydrogens is 308 g/mol. The molecular formula is C17H34N4O3. The average molecular weight is 342 g/mol. The molecule has 0 aromatic heterocycles. The van der Waals surface area contributed by atoms with Crippen molar-refractivity contribution in [3.63, 3.8) is 0 Å². The second-order valence-corrected chi connectivity index (χ2v) is 7.09. The number of nitrogens with two attached hydrogens (primary N) is 1. The summed E-state index contributed by atoms with van der Waals surface area (Å²) >= 11 is 0. The highest BCUT2D eigenvalue weighted by Crippen LogP contribution is 2.09. The summed E-state index contributed by atoms with van der Waals surface area (Å²) in [5.74, 6) is -0.233. The molecule has 0 saturated carbocycles. The summed E-state index contributed by atoms with van der Waals surface area (Å²) < 4.78 is 0. The lowest BCUT2D eigenvalue weighted by Gasteiger charge is -2.27. The van der Waals surface area contributed by atoms with Crippen LogP contribution in [0, 0.1) is 11.8 Å². The fourth-order valence-electron chi connectivity index (χ4n) is 2.40. The van der Waals surface area contributed by atoms with E-state index < -0.39 is 12.1 Å². The van der Waals surface area contributed by atoms with Gasteiger partial charge in [0.15, 0.2) is 5.78 Å². The molecule has 0 aliphatic heterocycles. The normalized spacial score (nSPS) is 13.9. The number of urea groups is 1. The van der Waals surface area contributed by atoms with Crippen LogP contribution in [-0.2, 0) is 9.59 Å². The van der Waals surface area contributed by atoms with Gasteiger partial charge < -0.3 is 21.7 Å². The quantitative estimate of drug-likeness (QED) is 0.422. The molecule has 0 bridgehead atoms. The maximum Gasteiger partial charge on any atom is 0.312 e. The van der Waals surface area contributed by atoms with Crippen LogP contribution in [0.4, 0.5) is 4.79 Å². The van der Waals surface area contributed by atoms with Crippen LogP contribution >= 0.6 is 0 Å². The number of hydrogen-bond donors (Lipinski definition) is 4. The predicted molar refractivity (Wildman–Crippen MR) is 95.5 cm³/mol. The van der Waals surface area contributed by atoms with E-state index in [9.17, 15) is 14.4 Å². The first-order chi connectivity index (χ1) is 11.1. The number of primary amides is 1. The smallest absolute Gasteiger partial charge is 0.312 e. The first-order valence-corrected chi connectivity index (χ1v) is 8.69. The van der Waals surface area contributed by atoms with Gasteiger partial charge in [0, 0.05) is 18.5 Å². The van der Waals surface area contributed by atoms with E-state index in [1.54, 1.807) is 0 Å². The van der Waals surface area contributed by atoms with E-state index >= 15 is 0 Å². The van der Waals surface area contributed by atoms with Crippen LogP contribution in [0.1, 0.15) is 54.4 Å². The molecule has 0 aliphatic rings. The Bertz CT molecular complexity index is 422. The second kappa shape index (κ2) is 11.0. The second-order valence-electron chi connectivity index (χ2n) is 7.09. The third-order valence-electron chi connectivity index (χ3n) is 3.66. The molecule has 0 spiro atoms. The van der Waals surface area contributed by atoms with E-state index in [0.717, 1.165) is 0 Å². The lowest BCUT2D eigenvalue weighted by atomic mass is 9.96. The molecule has 3 amide bonds. The van der Waals surface area contributed by atoms with Gasteiger partial charge in [-0.05, 0) is 18.8 Å². The number of ketones is 1. The van der Waals surface area contributed by atoms with E-state index in [-0.39, 0.29) is 35.6 Å². The van der Waals surface area contributed by atoms with Gasteiger partial charge in [-0.15, -0.1) is 0 Å². The molecule has 0 saturated heterocycles. The standard InChI is InChI=1S/C17H34N4O3/c1-10(2)14(20-12(5)6)16(23)21-13(15(22)11(3)4)8-7-9-19-17(18)24/h10-14,20H,7-9H2,1-6H3,(H,21,23)(H3,18,19,24)/t13-,14+/m1/s1. The van der Waals surface area contributed by atoms with Crippen LogP contribution < -0.4 is 21.7 Å². The van der Waals surface area contributed by atoms with Crippen LogP contribution in [0.3, 0.4) is 0 Å². The maximum atomic E-state index is 12.6. The molecule has 0 aliphatic carbocycles. The summed E-state index contributed by atoms with van der Waals surface area (Å²) in [6.45, 7) is 11.9. The molecule has 0 rings (SSSR count). The number of carbonyl (C=O) groups excluding carboxylic acids is 3. The Morgan fingerprint density at radius 3 is 2.00 bits per heavy atom. The number of hydrogen-bond acceptors (Lipinski definition) is 4. The van der Waals surface area contributed by atoms with Gasteiger partial charge in [0.05, 0.1) is 12.1 Å². The summed E-state index contributed by atoms with van der Waals surface area (Å²) in [6, 6.07) is -1.33. The van der Waals surface area contributed by atoms with Gasteiger partial charge in [0.2, 0.25) is 5.91 Å². The molecule has 0 radical (unpaired) electrons. The Morgan fingerprint density at radius 1 is 1.00 bits per heavy atom.